The summed E-state index contributed by atoms with van der Waals surface area (Å²) >= 11 is 0. The van der Waals surface area contributed by atoms with Crippen molar-refractivity contribution >= 4 is 17.3 Å². The van der Waals surface area contributed by atoms with Crippen LogP contribution < -0.4 is 9.80 Å². The maximum Gasteiger partial charge on any atom is 0.176 e. The Bertz CT molecular complexity index is 1100. The molecule has 0 radical (unpaired) electrons. The lowest BCUT2D eigenvalue weighted by Gasteiger charge is -2.35. The number of rotatable bonds is 3. The fourth-order valence-electron chi connectivity index (χ4n) is 3.60. The molecule has 1 aliphatic heterocycles. The fraction of sp³-hybridized carbons (Fsp3) is 0.316. The molecule has 1 aliphatic rings. The highest BCUT2D eigenvalue weighted by molar-refractivity contribution is 5.49. The molecule has 0 aromatic carbocycles. The summed E-state index contributed by atoms with van der Waals surface area (Å²) in [6.45, 7) is 7.52. The monoisotopic (exact) mass is 375 g/mol. The van der Waals surface area contributed by atoms with Crippen LogP contribution in [0.15, 0.2) is 42.7 Å². The summed E-state index contributed by atoms with van der Waals surface area (Å²) in [7, 11) is 0. The third-order valence-corrected chi connectivity index (χ3v) is 5.03. The smallest absolute Gasteiger partial charge is 0.176 e. The average Bonchev–Trinajstić information content (AvgIpc) is 3.33. The summed E-state index contributed by atoms with van der Waals surface area (Å²) in [4.78, 5) is 9.23. The summed E-state index contributed by atoms with van der Waals surface area (Å²) < 4.78 is 3.60. The molecule has 5 heterocycles. The second-order valence-corrected chi connectivity index (χ2v) is 6.98. The first-order valence-electron chi connectivity index (χ1n) is 9.35. The Hall–Kier alpha value is -3.49. The first-order chi connectivity index (χ1) is 13.7. The van der Waals surface area contributed by atoms with Gasteiger partial charge in [0.15, 0.2) is 17.3 Å². The van der Waals surface area contributed by atoms with Gasteiger partial charge in [-0.1, -0.05) is 0 Å². The van der Waals surface area contributed by atoms with E-state index in [9.17, 15) is 0 Å². The second-order valence-electron chi connectivity index (χ2n) is 6.98. The van der Waals surface area contributed by atoms with E-state index in [1.165, 1.54) is 0 Å². The molecular weight excluding hydrogens is 354 g/mol. The zero-order valence-electron chi connectivity index (χ0n) is 15.9. The van der Waals surface area contributed by atoms with Crippen LogP contribution in [0.3, 0.4) is 0 Å². The zero-order chi connectivity index (χ0) is 19.1. The van der Waals surface area contributed by atoms with Crippen molar-refractivity contribution in [3.8, 4) is 5.82 Å². The molecule has 1 saturated heterocycles. The van der Waals surface area contributed by atoms with Gasteiger partial charge in [-0.25, -0.2) is 14.2 Å². The molecule has 4 aromatic heterocycles. The van der Waals surface area contributed by atoms with Crippen LogP contribution in [0.1, 0.15) is 11.4 Å². The summed E-state index contributed by atoms with van der Waals surface area (Å²) in [6.07, 6.45) is 3.71. The van der Waals surface area contributed by atoms with Crippen molar-refractivity contribution < 1.29 is 0 Å². The van der Waals surface area contributed by atoms with E-state index in [4.69, 9.17) is 0 Å². The third-order valence-electron chi connectivity index (χ3n) is 5.03. The van der Waals surface area contributed by atoms with Crippen LogP contribution in [0.2, 0.25) is 0 Å². The number of aryl methyl sites for hydroxylation is 2. The van der Waals surface area contributed by atoms with Gasteiger partial charge < -0.3 is 9.80 Å². The van der Waals surface area contributed by atoms with Crippen LogP contribution in [0.4, 0.5) is 11.6 Å². The van der Waals surface area contributed by atoms with E-state index >= 15 is 0 Å². The lowest BCUT2D eigenvalue weighted by Crippen LogP contribution is -2.47. The van der Waals surface area contributed by atoms with E-state index in [0.29, 0.717) is 0 Å². The van der Waals surface area contributed by atoms with Gasteiger partial charge in [0.25, 0.3) is 0 Å². The third kappa shape index (κ3) is 2.94. The molecule has 0 unspecified atom stereocenters. The van der Waals surface area contributed by atoms with Gasteiger partial charge in [-0.3, -0.25) is 0 Å². The number of hydrogen-bond donors (Lipinski definition) is 0. The molecular formula is C19H21N9. The highest BCUT2D eigenvalue weighted by atomic mass is 15.4. The Morgan fingerprint density at radius 3 is 2.21 bits per heavy atom. The number of hydrogen-bond acceptors (Lipinski definition) is 7. The standard InChI is InChI=1S/C19H21N9/c1-14-13-15(2)28(24-14)19-4-3-18(22-23-19)26-11-9-25(10-12-26)16-6-8-27-17(21-16)5-7-20-27/h3-8,13H,9-12H2,1-2H3. The van der Waals surface area contributed by atoms with E-state index in [1.54, 1.807) is 10.7 Å². The van der Waals surface area contributed by atoms with Gasteiger partial charge in [-0.2, -0.15) is 10.2 Å². The molecule has 28 heavy (non-hydrogen) atoms. The number of nitrogens with zero attached hydrogens (tertiary/aromatic N) is 9. The molecule has 0 atom stereocenters. The minimum Gasteiger partial charge on any atom is -0.353 e. The number of fused-ring (bicyclic) bond motifs is 1. The molecule has 0 amide bonds. The van der Waals surface area contributed by atoms with Crippen LogP contribution >= 0.6 is 0 Å². The number of aromatic nitrogens is 7. The molecule has 9 heteroatoms. The first kappa shape index (κ1) is 16.7. The van der Waals surface area contributed by atoms with Crippen LogP contribution in [0, 0.1) is 13.8 Å². The van der Waals surface area contributed by atoms with Crippen LogP contribution in [0.5, 0.6) is 0 Å². The zero-order valence-corrected chi connectivity index (χ0v) is 15.9. The SMILES string of the molecule is Cc1cc(C)n(-c2ccc(N3CCN(c4ccn5nccc5n4)CC3)nn2)n1. The van der Waals surface area contributed by atoms with Gasteiger partial charge in [0, 0.05) is 44.1 Å². The molecule has 0 aliphatic carbocycles. The van der Waals surface area contributed by atoms with E-state index in [1.807, 2.05) is 55.1 Å². The van der Waals surface area contributed by atoms with E-state index in [-0.39, 0.29) is 0 Å². The Morgan fingerprint density at radius 1 is 0.821 bits per heavy atom. The van der Waals surface area contributed by atoms with E-state index in [0.717, 1.165) is 60.7 Å². The van der Waals surface area contributed by atoms with Crippen LogP contribution in [-0.2, 0) is 0 Å². The largest absolute Gasteiger partial charge is 0.353 e. The lowest BCUT2D eigenvalue weighted by atomic mass is 10.3. The van der Waals surface area contributed by atoms with Crippen LogP contribution in [-0.4, -0.2) is 60.8 Å². The molecule has 4 aromatic rings. The van der Waals surface area contributed by atoms with Crippen molar-refractivity contribution in [3.05, 3.63) is 54.1 Å². The van der Waals surface area contributed by atoms with E-state index in [2.05, 4.69) is 35.2 Å². The molecule has 5 rings (SSSR count). The molecule has 0 N–H and O–H groups in total. The van der Waals surface area contributed by atoms with Crippen molar-refractivity contribution in [2.24, 2.45) is 0 Å². The summed E-state index contributed by atoms with van der Waals surface area (Å²) in [5, 5.41) is 17.5. The Labute approximate surface area is 162 Å². The molecule has 0 spiro atoms. The first-order valence-corrected chi connectivity index (χ1v) is 9.35. The maximum atomic E-state index is 4.68. The topological polar surface area (TPSA) is 80.3 Å². The number of anilines is 2. The molecule has 9 nitrogen and oxygen atoms in total. The van der Waals surface area contributed by atoms with Crippen molar-refractivity contribution in [1.29, 1.82) is 0 Å². The molecule has 142 valence electrons. The van der Waals surface area contributed by atoms with E-state index < -0.39 is 0 Å². The molecule has 0 saturated carbocycles. The molecule has 0 bridgehead atoms. The van der Waals surface area contributed by atoms with Crippen molar-refractivity contribution in [3.63, 3.8) is 0 Å². The predicted octanol–water partition coefficient (Wildman–Crippen LogP) is 1.65. The summed E-state index contributed by atoms with van der Waals surface area (Å²) in [5.41, 5.74) is 2.89. The van der Waals surface area contributed by atoms with Gasteiger partial charge in [-0.05, 0) is 38.1 Å². The minimum atomic E-state index is 0.742. The van der Waals surface area contributed by atoms with Crippen molar-refractivity contribution in [1.82, 2.24) is 34.6 Å². The normalized spacial score (nSPS) is 14.8. The quantitative estimate of drug-likeness (QED) is 0.539. The average molecular weight is 375 g/mol. The Balaban J connectivity index is 1.28. The summed E-state index contributed by atoms with van der Waals surface area (Å²) in [5.74, 6) is 2.62. The van der Waals surface area contributed by atoms with Crippen LogP contribution in [0.25, 0.3) is 11.5 Å². The van der Waals surface area contributed by atoms with Gasteiger partial charge in [0.05, 0.1) is 11.9 Å². The van der Waals surface area contributed by atoms with Crippen molar-refractivity contribution in [2.45, 2.75) is 13.8 Å². The molecule has 1 fully saturated rings. The number of piperazine rings is 1. The highest BCUT2D eigenvalue weighted by Crippen LogP contribution is 2.19. The minimum absolute atomic E-state index is 0.742. The second kappa shape index (κ2) is 6.59. The lowest BCUT2D eigenvalue weighted by molar-refractivity contribution is 0.636. The van der Waals surface area contributed by atoms with Gasteiger partial charge in [0.1, 0.15) is 5.82 Å². The Morgan fingerprint density at radius 2 is 1.54 bits per heavy atom. The highest BCUT2D eigenvalue weighted by Gasteiger charge is 2.20. The van der Waals surface area contributed by atoms with Gasteiger partial charge in [0.2, 0.25) is 0 Å². The predicted molar refractivity (Wildman–Crippen MR) is 106 cm³/mol. The maximum absolute atomic E-state index is 4.68. The Kier molecular flexibility index (Phi) is 3.92. The van der Waals surface area contributed by atoms with Gasteiger partial charge >= 0.3 is 0 Å². The van der Waals surface area contributed by atoms with Crippen molar-refractivity contribution in [2.75, 3.05) is 36.0 Å². The van der Waals surface area contributed by atoms with Gasteiger partial charge in [-0.15, -0.1) is 10.2 Å². The summed E-state index contributed by atoms with van der Waals surface area (Å²) in [6, 6.07) is 9.96. The fourth-order valence-corrected chi connectivity index (χ4v) is 3.60.